The van der Waals surface area contributed by atoms with Crippen LogP contribution in [0.2, 0.25) is 0 Å². The number of imidazole rings is 1. The number of rotatable bonds is 4. The summed E-state index contributed by atoms with van der Waals surface area (Å²) in [5.74, 6) is 0.840. The van der Waals surface area contributed by atoms with Crippen molar-refractivity contribution in [3.8, 4) is 0 Å². The van der Waals surface area contributed by atoms with Crippen LogP contribution in [0.25, 0.3) is 11.2 Å². The van der Waals surface area contributed by atoms with E-state index in [1.165, 1.54) is 32.4 Å². The zero-order chi connectivity index (χ0) is 13.1. The fraction of sp³-hybridized carbons (Fsp3) is 0.615. The third-order valence-electron chi connectivity index (χ3n) is 3.59. The number of hydrogen-bond acceptors (Lipinski definition) is 5. The van der Waals surface area contributed by atoms with Crippen LogP contribution in [0.5, 0.6) is 0 Å². The molecule has 3 heterocycles. The van der Waals surface area contributed by atoms with E-state index in [2.05, 4.69) is 37.1 Å². The highest BCUT2D eigenvalue weighted by molar-refractivity contribution is 5.81. The number of fused-ring (bicyclic) bond motifs is 1. The second kappa shape index (κ2) is 5.52. The smallest absolute Gasteiger partial charge is 0.182 e. The van der Waals surface area contributed by atoms with E-state index in [1.807, 2.05) is 0 Å². The van der Waals surface area contributed by atoms with Gasteiger partial charge in [-0.1, -0.05) is 6.42 Å². The number of aromatic amines is 1. The zero-order valence-electron chi connectivity index (χ0n) is 11.3. The van der Waals surface area contributed by atoms with Crippen molar-refractivity contribution in [1.82, 2.24) is 24.8 Å². The number of hydrogen-bond donors (Lipinski definition) is 2. The van der Waals surface area contributed by atoms with Crippen LogP contribution in [0.4, 0.5) is 5.82 Å². The van der Waals surface area contributed by atoms with Gasteiger partial charge in [-0.2, -0.15) is 0 Å². The average Bonchev–Trinajstić information content (AvgIpc) is 2.89. The minimum Gasteiger partial charge on any atom is -0.364 e. The van der Waals surface area contributed by atoms with Crippen LogP contribution >= 0.6 is 0 Å². The molecule has 1 unspecified atom stereocenters. The number of likely N-dealkylation sites (tertiary alicyclic amines) is 1. The minimum atomic E-state index is 0.361. The normalized spacial score (nSPS) is 18.6. The van der Waals surface area contributed by atoms with Gasteiger partial charge in [0, 0.05) is 12.6 Å². The summed E-state index contributed by atoms with van der Waals surface area (Å²) in [6, 6.07) is 0.361. The van der Waals surface area contributed by atoms with Crippen molar-refractivity contribution in [2.24, 2.45) is 0 Å². The Hall–Kier alpha value is -1.69. The first-order chi connectivity index (χ1) is 9.33. The largest absolute Gasteiger partial charge is 0.364 e. The number of nitrogens with zero attached hydrogens (tertiary/aromatic N) is 4. The first kappa shape index (κ1) is 12.3. The zero-order valence-corrected chi connectivity index (χ0v) is 11.3. The molecule has 0 saturated carbocycles. The SMILES string of the molecule is CC(CN1CCCCC1)Nc1ncnc2nc[nH]c12. The quantitative estimate of drug-likeness (QED) is 0.874. The minimum absolute atomic E-state index is 0.361. The Balaban J connectivity index is 1.65. The second-order valence-corrected chi connectivity index (χ2v) is 5.23. The van der Waals surface area contributed by atoms with Gasteiger partial charge in [-0.3, -0.25) is 0 Å². The molecule has 2 N–H and O–H groups in total. The molecule has 1 aliphatic heterocycles. The molecule has 1 saturated heterocycles. The Bertz CT molecular complexity index is 531. The van der Waals surface area contributed by atoms with Crippen LogP contribution in [0, 0.1) is 0 Å². The third kappa shape index (κ3) is 2.84. The highest BCUT2D eigenvalue weighted by atomic mass is 15.2. The lowest BCUT2D eigenvalue weighted by Crippen LogP contribution is -2.38. The summed E-state index contributed by atoms with van der Waals surface area (Å²) in [5, 5.41) is 3.45. The van der Waals surface area contributed by atoms with Crippen molar-refractivity contribution in [2.75, 3.05) is 25.0 Å². The van der Waals surface area contributed by atoms with Gasteiger partial charge in [-0.05, 0) is 32.9 Å². The molecular weight excluding hydrogens is 240 g/mol. The van der Waals surface area contributed by atoms with E-state index >= 15 is 0 Å². The van der Waals surface area contributed by atoms with Gasteiger partial charge in [-0.25, -0.2) is 15.0 Å². The number of nitrogens with one attached hydrogen (secondary N) is 2. The second-order valence-electron chi connectivity index (χ2n) is 5.23. The third-order valence-corrected chi connectivity index (χ3v) is 3.59. The number of anilines is 1. The standard InChI is InChI=1S/C13H20N6/c1-10(7-19-5-3-2-4-6-19)18-13-11-12(15-8-14-11)16-9-17-13/h8-10H,2-7H2,1H3,(H2,14,15,16,17,18). The van der Waals surface area contributed by atoms with E-state index < -0.39 is 0 Å². The van der Waals surface area contributed by atoms with Gasteiger partial charge in [0.2, 0.25) is 0 Å². The molecule has 19 heavy (non-hydrogen) atoms. The molecule has 102 valence electrons. The maximum absolute atomic E-state index is 4.30. The van der Waals surface area contributed by atoms with Crippen LogP contribution in [0.1, 0.15) is 26.2 Å². The van der Waals surface area contributed by atoms with Gasteiger partial charge in [0.1, 0.15) is 11.8 Å². The molecule has 3 rings (SSSR count). The molecule has 6 heteroatoms. The summed E-state index contributed by atoms with van der Waals surface area (Å²) in [4.78, 5) is 18.2. The van der Waals surface area contributed by atoms with Crippen LogP contribution in [-0.2, 0) is 0 Å². The topological polar surface area (TPSA) is 69.7 Å². The Morgan fingerprint density at radius 1 is 1.26 bits per heavy atom. The molecule has 2 aromatic rings. The molecule has 1 atom stereocenters. The molecule has 0 bridgehead atoms. The van der Waals surface area contributed by atoms with Crippen molar-refractivity contribution >= 4 is 17.0 Å². The van der Waals surface area contributed by atoms with Crippen LogP contribution in [-0.4, -0.2) is 50.5 Å². The summed E-state index contributed by atoms with van der Waals surface area (Å²) in [6.45, 7) is 5.68. The van der Waals surface area contributed by atoms with Crippen molar-refractivity contribution in [3.05, 3.63) is 12.7 Å². The maximum atomic E-state index is 4.30. The molecule has 0 aliphatic carbocycles. The van der Waals surface area contributed by atoms with E-state index in [4.69, 9.17) is 0 Å². The first-order valence-electron chi connectivity index (χ1n) is 6.96. The number of H-pyrrole nitrogens is 1. The van der Waals surface area contributed by atoms with Crippen molar-refractivity contribution in [3.63, 3.8) is 0 Å². The van der Waals surface area contributed by atoms with Gasteiger partial charge < -0.3 is 15.2 Å². The van der Waals surface area contributed by atoms with E-state index in [0.717, 1.165) is 17.9 Å². The van der Waals surface area contributed by atoms with Crippen LogP contribution in [0.3, 0.4) is 0 Å². The number of piperidine rings is 1. The first-order valence-corrected chi connectivity index (χ1v) is 6.96. The summed E-state index contributed by atoms with van der Waals surface area (Å²) >= 11 is 0. The van der Waals surface area contributed by atoms with E-state index in [9.17, 15) is 0 Å². The van der Waals surface area contributed by atoms with Crippen molar-refractivity contribution in [2.45, 2.75) is 32.2 Å². The summed E-state index contributed by atoms with van der Waals surface area (Å²) in [6.07, 6.45) is 7.23. The molecule has 0 aromatic carbocycles. The Labute approximate surface area is 112 Å². The van der Waals surface area contributed by atoms with Gasteiger partial charge in [0.25, 0.3) is 0 Å². The van der Waals surface area contributed by atoms with Crippen LogP contribution in [0.15, 0.2) is 12.7 Å². The predicted molar refractivity (Wildman–Crippen MR) is 75.1 cm³/mol. The van der Waals surface area contributed by atoms with E-state index in [0.29, 0.717) is 11.7 Å². The Kier molecular flexibility index (Phi) is 3.59. The van der Waals surface area contributed by atoms with E-state index in [1.54, 1.807) is 12.7 Å². The fourth-order valence-corrected chi connectivity index (χ4v) is 2.68. The van der Waals surface area contributed by atoms with Gasteiger partial charge >= 0.3 is 0 Å². The Morgan fingerprint density at radius 2 is 2.11 bits per heavy atom. The highest BCUT2D eigenvalue weighted by Gasteiger charge is 2.14. The molecule has 0 radical (unpaired) electrons. The lowest BCUT2D eigenvalue weighted by molar-refractivity contribution is 0.223. The predicted octanol–water partition coefficient (Wildman–Crippen LogP) is 1.64. The monoisotopic (exact) mass is 260 g/mol. The van der Waals surface area contributed by atoms with Crippen molar-refractivity contribution in [1.29, 1.82) is 0 Å². The molecule has 1 aliphatic rings. The van der Waals surface area contributed by atoms with Gasteiger partial charge in [0.05, 0.1) is 6.33 Å². The molecular formula is C13H20N6. The molecule has 2 aromatic heterocycles. The highest BCUT2D eigenvalue weighted by Crippen LogP contribution is 2.16. The maximum Gasteiger partial charge on any atom is 0.182 e. The molecule has 0 amide bonds. The summed E-state index contributed by atoms with van der Waals surface area (Å²) in [7, 11) is 0. The van der Waals surface area contributed by atoms with Crippen LogP contribution < -0.4 is 5.32 Å². The molecule has 0 spiro atoms. The fourth-order valence-electron chi connectivity index (χ4n) is 2.68. The Morgan fingerprint density at radius 3 is 2.95 bits per heavy atom. The summed E-state index contributed by atoms with van der Waals surface area (Å²) < 4.78 is 0. The number of aromatic nitrogens is 4. The van der Waals surface area contributed by atoms with Crippen molar-refractivity contribution < 1.29 is 0 Å². The van der Waals surface area contributed by atoms with Gasteiger partial charge in [0.15, 0.2) is 11.5 Å². The van der Waals surface area contributed by atoms with Gasteiger partial charge in [-0.15, -0.1) is 0 Å². The van der Waals surface area contributed by atoms with E-state index in [-0.39, 0.29) is 0 Å². The lowest BCUT2D eigenvalue weighted by Gasteiger charge is -2.29. The lowest BCUT2D eigenvalue weighted by atomic mass is 10.1. The molecule has 6 nitrogen and oxygen atoms in total. The average molecular weight is 260 g/mol. The summed E-state index contributed by atoms with van der Waals surface area (Å²) in [5.41, 5.74) is 1.59. The molecule has 1 fully saturated rings.